The van der Waals surface area contributed by atoms with Gasteiger partial charge in [0.1, 0.15) is 11.2 Å². The quantitative estimate of drug-likeness (QED) is 0.609. The second-order valence-electron chi connectivity index (χ2n) is 9.11. The van der Waals surface area contributed by atoms with Gasteiger partial charge in [-0.1, -0.05) is 11.6 Å². The van der Waals surface area contributed by atoms with Gasteiger partial charge in [-0.25, -0.2) is 9.78 Å². The summed E-state index contributed by atoms with van der Waals surface area (Å²) in [5, 5.41) is 9.54. The van der Waals surface area contributed by atoms with Crippen LogP contribution < -0.4 is 5.32 Å². The fraction of sp³-hybridized carbons (Fsp3) is 0.500. The predicted molar refractivity (Wildman–Crippen MR) is 122 cm³/mol. The first-order valence-corrected chi connectivity index (χ1v) is 10.9. The lowest BCUT2D eigenvalue weighted by molar-refractivity contribution is 0.0210. The third-order valence-corrected chi connectivity index (χ3v) is 5.70. The van der Waals surface area contributed by atoms with E-state index in [-0.39, 0.29) is 12.1 Å². The van der Waals surface area contributed by atoms with Gasteiger partial charge in [0.25, 0.3) is 0 Å². The van der Waals surface area contributed by atoms with Crippen molar-refractivity contribution in [2.45, 2.75) is 52.2 Å². The fourth-order valence-corrected chi connectivity index (χ4v) is 4.15. The van der Waals surface area contributed by atoms with Gasteiger partial charge in [0.05, 0.1) is 28.3 Å². The van der Waals surface area contributed by atoms with Crippen LogP contribution in [0.25, 0.3) is 22.3 Å². The van der Waals surface area contributed by atoms with E-state index >= 15 is 0 Å². The minimum Gasteiger partial charge on any atom is -0.444 e. The lowest BCUT2D eigenvalue weighted by Gasteiger charge is -2.34. The molecule has 1 aliphatic rings. The molecule has 31 heavy (non-hydrogen) atoms. The molecule has 0 bridgehead atoms. The number of ether oxygens (including phenoxy) is 1. The second kappa shape index (κ2) is 8.07. The zero-order chi connectivity index (χ0) is 22.3. The number of carbonyl (C=O) groups is 1. The Kier molecular flexibility index (Phi) is 5.60. The van der Waals surface area contributed by atoms with Crippen molar-refractivity contribution in [3.63, 3.8) is 0 Å². The normalized spacial score (nSPS) is 15.5. The molecule has 3 aromatic rings. The van der Waals surface area contributed by atoms with Gasteiger partial charge < -0.3 is 19.9 Å². The van der Waals surface area contributed by atoms with Crippen molar-refractivity contribution < 1.29 is 9.53 Å². The molecule has 1 fully saturated rings. The maximum atomic E-state index is 12.3. The number of carbonyl (C=O) groups excluding carboxylic acids is 1. The van der Waals surface area contributed by atoms with Crippen LogP contribution in [0, 0.1) is 6.92 Å². The molecule has 0 aromatic carbocycles. The van der Waals surface area contributed by atoms with Crippen LogP contribution in [0.1, 0.15) is 39.3 Å². The number of aryl methyl sites for hydroxylation is 2. The van der Waals surface area contributed by atoms with Gasteiger partial charge in [-0.05, 0) is 46.6 Å². The topological polar surface area (TPSA) is 88.1 Å². The summed E-state index contributed by atoms with van der Waals surface area (Å²) in [5.74, 6) is 0. The van der Waals surface area contributed by atoms with Crippen LogP contribution in [-0.2, 0) is 11.8 Å². The van der Waals surface area contributed by atoms with Crippen LogP contribution in [0.4, 0.5) is 10.5 Å². The minimum atomic E-state index is -0.485. The van der Waals surface area contributed by atoms with Crippen molar-refractivity contribution in [1.82, 2.24) is 24.6 Å². The number of hydrogen-bond acceptors (Lipinski definition) is 5. The second-order valence-corrected chi connectivity index (χ2v) is 9.52. The molecule has 166 valence electrons. The molecule has 0 atom stereocenters. The third kappa shape index (κ3) is 4.63. The Hall–Kier alpha value is -2.74. The molecule has 1 amide bonds. The summed E-state index contributed by atoms with van der Waals surface area (Å²) >= 11 is 6.52. The summed E-state index contributed by atoms with van der Waals surface area (Å²) in [6.45, 7) is 8.92. The van der Waals surface area contributed by atoms with Gasteiger partial charge in [0.15, 0.2) is 0 Å². The smallest absolute Gasteiger partial charge is 0.410 e. The van der Waals surface area contributed by atoms with Crippen LogP contribution in [0.3, 0.4) is 0 Å². The number of rotatable bonds is 3. The number of anilines is 1. The van der Waals surface area contributed by atoms with E-state index in [4.69, 9.17) is 16.3 Å². The summed E-state index contributed by atoms with van der Waals surface area (Å²) in [6, 6.07) is 2.27. The minimum absolute atomic E-state index is 0.209. The van der Waals surface area contributed by atoms with Gasteiger partial charge in [0.2, 0.25) is 0 Å². The molecular formula is C22H29ClN6O2. The first-order chi connectivity index (χ1) is 14.6. The van der Waals surface area contributed by atoms with Crippen molar-refractivity contribution in [1.29, 1.82) is 0 Å². The molecule has 4 rings (SSSR count). The highest BCUT2D eigenvalue weighted by molar-refractivity contribution is 6.34. The SMILES string of the molecule is Cc1nn(C)cc1-c1cc2c(NC3CCN(C(=O)OC(C)(C)C)CC3)c(Cl)cnc2[nH]1. The highest BCUT2D eigenvalue weighted by Gasteiger charge is 2.27. The first kappa shape index (κ1) is 21.5. The molecule has 0 spiro atoms. The maximum absolute atomic E-state index is 12.3. The van der Waals surface area contributed by atoms with Gasteiger partial charge in [0, 0.05) is 43.3 Å². The van der Waals surface area contributed by atoms with Crippen molar-refractivity contribution >= 4 is 34.4 Å². The first-order valence-electron chi connectivity index (χ1n) is 10.5. The van der Waals surface area contributed by atoms with E-state index in [2.05, 4.69) is 26.4 Å². The zero-order valence-electron chi connectivity index (χ0n) is 18.6. The summed E-state index contributed by atoms with van der Waals surface area (Å²) < 4.78 is 7.29. The Morgan fingerprint density at radius 3 is 2.65 bits per heavy atom. The van der Waals surface area contributed by atoms with E-state index in [1.165, 1.54) is 0 Å². The highest BCUT2D eigenvalue weighted by Crippen LogP contribution is 2.35. The summed E-state index contributed by atoms with van der Waals surface area (Å²) in [4.78, 5) is 21.9. The zero-order valence-corrected chi connectivity index (χ0v) is 19.4. The Bertz CT molecular complexity index is 1110. The Labute approximate surface area is 186 Å². The number of nitrogens with zero attached hydrogens (tertiary/aromatic N) is 4. The predicted octanol–water partition coefficient (Wildman–Crippen LogP) is 4.74. The number of hydrogen-bond donors (Lipinski definition) is 2. The van der Waals surface area contributed by atoms with E-state index in [0.29, 0.717) is 18.1 Å². The molecule has 0 aliphatic carbocycles. The third-order valence-electron chi connectivity index (χ3n) is 5.41. The number of aromatic amines is 1. The lowest BCUT2D eigenvalue weighted by atomic mass is 10.0. The highest BCUT2D eigenvalue weighted by atomic mass is 35.5. The standard InChI is InChI=1S/C22H29ClN6O2/c1-13-16(12-28(5)27-13)18-10-15-19(17(23)11-24-20(15)26-18)25-14-6-8-29(9-7-14)21(30)31-22(2,3)4/h10-12,14H,6-9H2,1-5H3,(H2,24,25,26). The number of halogens is 1. The fourth-order valence-electron chi connectivity index (χ4n) is 3.94. The monoisotopic (exact) mass is 444 g/mol. The van der Waals surface area contributed by atoms with Crippen molar-refractivity contribution in [3.8, 4) is 11.3 Å². The molecule has 1 saturated heterocycles. The molecule has 0 unspecified atom stereocenters. The summed E-state index contributed by atoms with van der Waals surface area (Å²) in [6.07, 6.45) is 5.04. The number of pyridine rings is 1. The van der Waals surface area contributed by atoms with E-state index in [9.17, 15) is 4.79 Å². The van der Waals surface area contributed by atoms with Crippen LogP contribution >= 0.6 is 11.6 Å². The van der Waals surface area contributed by atoms with Crippen molar-refractivity contribution in [2.75, 3.05) is 18.4 Å². The van der Waals surface area contributed by atoms with E-state index < -0.39 is 5.60 Å². The molecule has 1 aliphatic heterocycles. The van der Waals surface area contributed by atoms with Gasteiger partial charge in [-0.15, -0.1) is 0 Å². The molecule has 0 saturated carbocycles. The molecule has 0 radical (unpaired) electrons. The Balaban J connectivity index is 1.51. The van der Waals surface area contributed by atoms with E-state index in [1.807, 2.05) is 40.9 Å². The molecular weight excluding hydrogens is 416 g/mol. The molecule has 2 N–H and O–H groups in total. The number of likely N-dealkylation sites (tertiary alicyclic amines) is 1. The van der Waals surface area contributed by atoms with Crippen LogP contribution in [0.2, 0.25) is 5.02 Å². The number of fused-ring (bicyclic) bond motifs is 1. The van der Waals surface area contributed by atoms with Crippen LogP contribution in [0.5, 0.6) is 0 Å². The average molecular weight is 445 g/mol. The number of H-pyrrole nitrogens is 1. The summed E-state index contributed by atoms with van der Waals surface area (Å²) in [5.41, 5.74) is 4.10. The van der Waals surface area contributed by atoms with E-state index in [0.717, 1.165) is 46.5 Å². The van der Waals surface area contributed by atoms with Crippen molar-refractivity contribution in [3.05, 3.63) is 29.2 Å². The molecule has 8 nitrogen and oxygen atoms in total. The number of nitrogens with one attached hydrogen (secondary N) is 2. The molecule has 4 heterocycles. The molecule has 9 heteroatoms. The largest absolute Gasteiger partial charge is 0.444 e. The Morgan fingerprint density at radius 1 is 1.32 bits per heavy atom. The van der Waals surface area contributed by atoms with Gasteiger partial charge >= 0.3 is 6.09 Å². The average Bonchev–Trinajstić information content (AvgIpc) is 3.25. The van der Waals surface area contributed by atoms with Gasteiger partial charge in [-0.3, -0.25) is 4.68 Å². The Morgan fingerprint density at radius 2 is 2.03 bits per heavy atom. The van der Waals surface area contributed by atoms with Gasteiger partial charge in [-0.2, -0.15) is 5.10 Å². The van der Waals surface area contributed by atoms with Crippen molar-refractivity contribution in [2.24, 2.45) is 7.05 Å². The summed E-state index contributed by atoms with van der Waals surface area (Å²) in [7, 11) is 1.91. The van der Waals surface area contributed by atoms with Crippen LogP contribution in [0.15, 0.2) is 18.5 Å². The van der Waals surface area contributed by atoms with Crippen LogP contribution in [-0.4, -0.2) is 55.5 Å². The number of aromatic nitrogens is 4. The van der Waals surface area contributed by atoms with E-state index in [1.54, 1.807) is 15.8 Å². The number of piperidine rings is 1. The lowest BCUT2D eigenvalue weighted by Crippen LogP contribution is -2.44. The number of amides is 1. The maximum Gasteiger partial charge on any atom is 0.410 e. The molecule has 3 aromatic heterocycles.